The number of nitriles is 1. The van der Waals surface area contributed by atoms with E-state index in [2.05, 4.69) is 21.2 Å². The van der Waals surface area contributed by atoms with E-state index in [1.165, 1.54) is 0 Å². The van der Waals surface area contributed by atoms with E-state index in [1.54, 1.807) is 18.2 Å². The lowest BCUT2D eigenvalue weighted by Gasteiger charge is -2.08. The first-order chi connectivity index (χ1) is 7.04. The van der Waals surface area contributed by atoms with Crippen LogP contribution in [-0.4, -0.2) is 5.91 Å². The quantitative estimate of drug-likeness (QED) is 0.907. The lowest BCUT2D eigenvalue weighted by atomic mass is 10.2. The van der Waals surface area contributed by atoms with Gasteiger partial charge in [0.1, 0.15) is 6.42 Å². The molecule has 0 fully saturated rings. The molecular weight excluding hydrogens is 279 g/mol. The standard InChI is InChI=1S/C10H8BrClN2O/c1-6-4-8(12)7(11)5-9(6)14-10(15)2-3-13/h4-5H,2H2,1H3,(H,14,15). The van der Waals surface area contributed by atoms with Crippen molar-refractivity contribution < 1.29 is 4.79 Å². The zero-order valence-corrected chi connectivity index (χ0v) is 10.3. The van der Waals surface area contributed by atoms with Crippen LogP contribution in [0.4, 0.5) is 5.69 Å². The summed E-state index contributed by atoms with van der Waals surface area (Å²) in [6.07, 6.45) is -0.153. The van der Waals surface area contributed by atoms with Crippen molar-refractivity contribution in [2.45, 2.75) is 13.3 Å². The zero-order chi connectivity index (χ0) is 11.4. The second-order valence-corrected chi connectivity index (χ2v) is 4.23. The first-order valence-electron chi connectivity index (χ1n) is 4.17. The number of carbonyl (C=O) groups excluding carboxylic acids is 1. The molecule has 3 nitrogen and oxygen atoms in total. The normalized spacial score (nSPS) is 9.47. The van der Waals surface area contributed by atoms with Gasteiger partial charge in [-0.25, -0.2) is 0 Å². The van der Waals surface area contributed by atoms with Crippen molar-refractivity contribution in [3.63, 3.8) is 0 Å². The third-order valence-corrected chi connectivity index (χ3v) is 2.98. The molecule has 0 spiro atoms. The van der Waals surface area contributed by atoms with E-state index in [1.807, 2.05) is 6.92 Å². The van der Waals surface area contributed by atoms with Crippen molar-refractivity contribution in [3.8, 4) is 6.07 Å². The first kappa shape index (κ1) is 12.0. The first-order valence-corrected chi connectivity index (χ1v) is 5.34. The fourth-order valence-corrected chi connectivity index (χ4v) is 1.61. The van der Waals surface area contributed by atoms with Gasteiger partial charge in [-0.1, -0.05) is 11.6 Å². The minimum atomic E-state index is -0.324. The Bertz CT molecular complexity index is 440. The van der Waals surface area contributed by atoms with Gasteiger partial charge in [0.25, 0.3) is 0 Å². The Morgan fingerprint density at radius 2 is 2.33 bits per heavy atom. The zero-order valence-electron chi connectivity index (χ0n) is 7.97. The van der Waals surface area contributed by atoms with Crippen molar-refractivity contribution in [3.05, 3.63) is 27.2 Å². The van der Waals surface area contributed by atoms with Crippen LogP contribution >= 0.6 is 27.5 Å². The van der Waals surface area contributed by atoms with E-state index >= 15 is 0 Å². The highest BCUT2D eigenvalue weighted by atomic mass is 79.9. The van der Waals surface area contributed by atoms with Crippen LogP contribution in [0.5, 0.6) is 0 Å². The third-order valence-electron chi connectivity index (χ3n) is 1.78. The molecule has 0 aromatic heterocycles. The van der Waals surface area contributed by atoms with Crippen LogP contribution < -0.4 is 5.32 Å². The molecule has 0 saturated carbocycles. The topological polar surface area (TPSA) is 52.9 Å². The molecule has 0 atom stereocenters. The molecule has 1 amide bonds. The molecule has 5 heteroatoms. The van der Waals surface area contributed by atoms with Crippen molar-refractivity contribution in [1.82, 2.24) is 0 Å². The Morgan fingerprint density at radius 1 is 1.67 bits per heavy atom. The Labute approximate surface area is 101 Å². The van der Waals surface area contributed by atoms with Crippen molar-refractivity contribution in [2.75, 3.05) is 5.32 Å². The smallest absolute Gasteiger partial charge is 0.238 e. The largest absolute Gasteiger partial charge is 0.325 e. The van der Waals surface area contributed by atoms with E-state index in [0.29, 0.717) is 15.2 Å². The number of nitrogens with zero attached hydrogens (tertiary/aromatic N) is 1. The maximum Gasteiger partial charge on any atom is 0.238 e. The summed E-state index contributed by atoms with van der Waals surface area (Å²) < 4.78 is 0.710. The van der Waals surface area contributed by atoms with Crippen LogP contribution in [0.2, 0.25) is 5.02 Å². The molecule has 15 heavy (non-hydrogen) atoms. The average molecular weight is 288 g/mol. The molecular formula is C10H8BrClN2O. The number of aryl methyl sites for hydroxylation is 1. The summed E-state index contributed by atoms with van der Waals surface area (Å²) in [6, 6.07) is 5.24. The van der Waals surface area contributed by atoms with Gasteiger partial charge in [0, 0.05) is 10.2 Å². The van der Waals surface area contributed by atoms with Crippen LogP contribution in [0.1, 0.15) is 12.0 Å². The molecule has 0 unspecified atom stereocenters. The minimum absolute atomic E-state index is 0.153. The third kappa shape index (κ3) is 3.22. The van der Waals surface area contributed by atoms with Crippen molar-refractivity contribution >= 4 is 39.1 Å². The minimum Gasteiger partial charge on any atom is -0.325 e. The maximum absolute atomic E-state index is 11.2. The summed E-state index contributed by atoms with van der Waals surface area (Å²) >= 11 is 9.13. The highest BCUT2D eigenvalue weighted by Crippen LogP contribution is 2.28. The van der Waals surface area contributed by atoms with Crippen molar-refractivity contribution in [1.29, 1.82) is 5.26 Å². The molecule has 1 rings (SSSR count). The van der Waals surface area contributed by atoms with Crippen LogP contribution in [0.25, 0.3) is 0 Å². The van der Waals surface area contributed by atoms with E-state index in [0.717, 1.165) is 5.56 Å². The van der Waals surface area contributed by atoms with Gasteiger partial charge in [0.05, 0.1) is 11.1 Å². The van der Waals surface area contributed by atoms with Gasteiger partial charge in [-0.05, 0) is 40.5 Å². The summed E-state index contributed by atoms with van der Waals surface area (Å²) in [5, 5.41) is 11.6. The second kappa shape index (κ2) is 5.15. The van der Waals surface area contributed by atoms with E-state index < -0.39 is 0 Å². The van der Waals surface area contributed by atoms with Crippen LogP contribution in [0.3, 0.4) is 0 Å². The van der Waals surface area contributed by atoms with Gasteiger partial charge >= 0.3 is 0 Å². The summed E-state index contributed by atoms with van der Waals surface area (Å²) in [5.41, 5.74) is 1.51. The fourth-order valence-electron chi connectivity index (χ4n) is 1.05. The Hall–Kier alpha value is -1.05. The fraction of sp³-hybridized carbons (Fsp3) is 0.200. The van der Waals surface area contributed by atoms with Gasteiger partial charge in [-0.3, -0.25) is 4.79 Å². The highest BCUT2D eigenvalue weighted by molar-refractivity contribution is 9.10. The Kier molecular flexibility index (Phi) is 4.13. The summed E-state index contributed by atoms with van der Waals surface area (Å²) in [5.74, 6) is -0.324. The molecule has 1 N–H and O–H groups in total. The molecule has 0 aliphatic carbocycles. The number of carbonyl (C=O) groups is 1. The van der Waals surface area contributed by atoms with E-state index in [4.69, 9.17) is 16.9 Å². The number of anilines is 1. The lowest BCUT2D eigenvalue weighted by Crippen LogP contribution is -2.11. The van der Waals surface area contributed by atoms with Crippen LogP contribution in [0, 0.1) is 18.3 Å². The van der Waals surface area contributed by atoms with Gasteiger partial charge in [-0.15, -0.1) is 0 Å². The molecule has 1 aromatic carbocycles. The molecule has 0 aliphatic rings. The van der Waals surface area contributed by atoms with Crippen LogP contribution in [-0.2, 0) is 4.79 Å². The van der Waals surface area contributed by atoms with E-state index in [-0.39, 0.29) is 12.3 Å². The Balaban J connectivity index is 2.92. The molecule has 0 heterocycles. The number of benzene rings is 1. The molecule has 0 bridgehead atoms. The maximum atomic E-state index is 11.2. The SMILES string of the molecule is Cc1cc(Cl)c(Br)cc1NC(=O)CC#N. The number of hydrogen-bond donors (Lipinski definition) is 1. The van der Waals surface area contributed by atoms with Crippen LogP contribution in [0.15, 0.2) is 16.6 Å². The highest BCUT2D eigenvalue weighted by Gasteiger charge is 2.07. The molecule has 1 aromatic rings. The monoisotopic (exact) mass is 286 g/mol. The number of amides is 1. The van der Waals surface area contributed by atoms with Gasteiger partial charge in [0.15, 0.2) is 0 Å². The average Bonchev–Trinajstić information content (AvgIpc) is 2.14. The summed E-state index contributed by atoms with van der Waals surface area (Å²) in [4.78, 5) is 11.2. The summed E-state index contributed by atoms with van der Waals surface area (Å²) in [7, 11) is 0. The number of nitrogens with one attached hydrogen (secondary N) is 1. The second-order valence-electron chi connectivity index (χ2n) is 2.96. The summed E-state index contributed by atoms with van der Waals surface area (Å²) in [6.45, 7) is 1.83. The number of halogens is 2. The predicted molar refractivity (Wildman–Crippen MR) is 62.7 cm³/mol. The predicted octanol–water partition coefficient (Wildman–Crippen LogP) is 3.26. The molecule has 78 valence electrons. The lowest BCUT2D eigenvalue weighted by molar-refractivity contribution is -0.115. The Morgan fingerprint density at radius 3 is 2.93 bits per heavy atom. The van der Waals surface area contributed by atoms with Crippen molar-refractivity contribution in [2.24, 2.45) is 0 Å². The van der Waals surface area contributed by atoms with Gasteiger partial charge in [0.2, 0.25) is 5.91 Å². The molecule has 0 radical (unpaired) electrons. The van der Waals surface area contributed by atoms with E-state index in [9.17, 15) is 4.79 Å². The number of rotatable bonds is 2. The van der Waals surface area contributed by atoms with Gasteiger partial charge < -0.3 is 5.32 Å². The molecule has 0 saturated heterocycles. The van der Waals surface area contributed by atoms with Gasteiger partial charge in [-0.2, -0.15) is 5.26 Å². The molecule has 0 aliphatic heterocycles. The number of hydrogen-bond acceptors (Lipinski definition) is 2.